The summed E-state index contributed by atoms with van der Waals surface area (Å²) in [5.74, 6) is 0.233. The number of carbonyl (C=O) groups excluding carboxylic acids is 3. The maximum absolute atomic E-state index is 13.1. The third kappa shape index (κ3) is 3.91. The van der Waals surface area contributed by atoms with Crippen LogP contribution >= 0.6 is 0 Å². The number of carbonyl (C=O) groups is 3. The molecule has 4 amide bonds. The number of urea groups is 1. The van der Waals surface area contributed by atoms with Gasteiger partial charge in [-0.1, -0.05) is 27.2 Å². The minimum absolute atomic E-state index is 0.129. The van der Waals surface area contributed by atoms with Crippen LogP contribution in [-0.2, 0) is 9.59 Å². The Bertz CT molecular complexity index is 617. The van der Waals surface area contributed by atoms with E-state index < -0.39 is 11.6 Å². The number of hydrogen-bond donors (Lipinski definition) is 2. The van der Waals surface area contributed by atoms with E-state index in [2.05, 4.69) is 31.4 Å². The van der Waals surface area contributed by atoms with E-state index in [1.54, 1.807) is 4.90 Å². The second-order valence-electron chi connectivity index (χ2n) is 9.46. The van der Waals surface area contributed by atoms with Gasteiger partial charge in [-0.25, -0.2) is 4.79 Å². The molecule has 0 radical (unpaired) electrons. The lowest BCUT2D eigenvalue weighted by molar-refractivity contribution is -0.140. The fraction of sp³-hybridized carbons (Fsp3) is 0.857. The topological polar surface area (TPSA) is 81.8 Å². The second kappa shape index (κ2) is 8.01. The van der Waals surface area contributed by atoms with Gasteiger partial charge in [0.05, 0.1) is 0 Å². The minimum atomic E-state index is -0.795. The van der Waals surface area contributed by atoms with Gasteiger partial charge in [0.1, 0.15) is 12.1 Å². The van der Waals surface area contributed by atoms with Crippen molar-refractivity contribution in [2.24, 2.45) is 11.3 Å². The Labute approximate surface area is 168 Å². The van der Waals surface area contributed by atoms with Crippen LogP contribution in [0.2, 0.25) is 0 Å². The van der Waals surface area contributed by atoms with Gasteiger partial charge in [0.25, 0.3) is 5.91 Å². The van der Waals surface area contributed by atoms with Crippen LogP contribution in [0.15, 0.2) is 0 Å². The standard InChI is InChI=1S/C21H36N4O3/c1-5-20(2,3)15-6-10-21(11-7-15)18(27)25(19(28)23-21)14-17(26)24-12-8-16(22-4)9-13-24/h15-16,22H,5-14H2,1-4H3,(H,23,28). The Morgan fingerprint density at radius 3 is 2.32 bits per heavy atom. The van der Waals surface area contributed by atoms with Crippen molar-refractivity contribution in [3.05, 3.63) is 0 Å². The first-order chi connectivity index (χ1) is 13.2. The SMILES string of the molecule is CCC(C)(C)C1CCC2(CC1)NC(=O)N(CC(=O)N1CCC(NC)CC1)C2=O. The molecule has 3 aliphatic rings. The molecule has 0 unspecified atom stereocenters. The molecule has 0 aromatic rings. The molecule has 0 aromatic carbocycles. The zero-order chi connectivity index (χ0) is 20.5. The Balaban J connectivity index is 1.59. The molecule has 2 aliphatic heterocycles. The van der Waals surface area contributed by atoms with Crippen molar-refractivity contribution in [1.82, 2.24) is 20.4 Å². The summed E-state index contributed by atoms with van der Waals surface area (Å²) in [4.78, 5) is 41.2. The van der Waals surface area contributed by atoms with Crippen molar-refractivity contribution < 1.29 is 14.4 Å². The lowest BCUT2D eigenvalue weighted by Gasteiger charge is -2.42. The van der Waals surface area contributed by atoms with Crippen molar-refractivity contribution >= 4 is 17.8 Å². The van der Waals surface area contributed by atoms with E-state index in [-0.39, 0.29) is 23.8 Å². The number of likely N-dealkylation sites (tertiary alicyclic amines) is 1. The van der Waals surface area contributed by atoms with Gasteiger partial charge >= 0.3 is 6.03 Å². The predicted molar refractivity (Wildman–Crippen MR) is 108 cm³/mol. The molecule has 2 N–H and O–H groups in total. The molecule has 3 rings (SSSR count). The van der Waals surface area contributed by atoms with Crippen LogP contribution < -0.4 is 10.6 Å². The average molecular weight is 393 g/mol. The molecule has 1 aliphatic carbocycles. The molecule has 3 fully saturated rings. The molecular formula is C21H36N4O3. The van der Waals surface area contributed by atoms with Gasteiger partial charge in [-0.15, -0.1) is 0 Å². The zero-order valence-corrected chi connectivity index (χ0v) is 17.8. The fourth-order valence-corrected chi connectivity index (χ4v) is 4.99. The zero-order valence-electron chi connectivity index (χ0n) is 17.8. The van der Waals surface area contributed by atoms with Gasteiger partial charge in [0.2, 0.25) is 5.91 Å². The first-order valence-electron chi connectivity index (χ1n) is 10.8. The molecule has 2 saturated heterocycles. The summed E-state index contributed by atoms with van der Waals surface area (Å²) >= 11 is 0. The molecule has 0 aromatic heterocycles. The molecule has 158 valence electrons. The van der Waals surface area contributed by atoms with Gasteiger partial charge < -0.3 is 15.5 Å². The molecule has 1 spiro atoms. The van der Waals surface area contributed by atoms with Crippen molar-refractivity contribution in [3.63, 3.8) is 0 Å². The number of amides is 4. The third-order valence-electron chi connectivity index (χ3n) is 7.65. The summed E-state index contributed by atoms with van der Waals surface area (Å²) in [5.41, 5.74) is -0.542. The van der Waals surface area contributed by atoms with Gasteiger partial charge in [-0.2, -0.15) is 0 Å². The van der Waals surface area contributed by atoms with E-state index in [1.165, 1.54) is 0 Å². The van der Waals surface area contributed by atoms with E-state index in [1.807, 2.05) is 7.05 Å². The minimum Gasteiger partial charge on any atom is -0.341 e. The van der Waals surface area contributed by atoms with Crippen LogP contribution in [0.1, 0.15) is 65.7 Å². The highest BCUT2D eigenvalue weighted by atomic mass is 16.2. The monoisotopic (exact) mass is 392 g/mol. The number of nitrogens with zero attached hydrogens (tertiary/aromatic N) is 2. The number of rotatable bonds is 5. The van der Waals surface area contributed by atoms with Crippen molar-refractivity contribution in [2.45, 2.75) is 77.3 Å². The second-order valence-corrected chi connectivity index (χ2v) is 9.46. The van der Waals surface area contributed by atoms with Crippen LogP contribution in [0.5, 0.6) is 0 Å². The highest BCUT2D eigenvalue weighted by molar-refractivity contribution is 6.09. The smallest absolute Gasteiger partial charge is 0.325 e. The highest BCUT2D eigenvalue weighted by Gasteiger charge is 2.53. The Morgan fingerprint density at radius 2 is 1.79 bits per heavy atom. The highest BCUT2D eigenvalue weighted by Crippen LogP contribution is 2.45. The maximum atomic E-state index is 13.1. The number of piperidine rings is 1. The molecule has 0 atom stereocenters. The predicted octanol–water partition coefficient (Wildman–Crippen LogP) is 2.11. The first-order valence-corrected chi connectivity index (χ1v) is 10.8. The number of nitrogens with one attached hydrogen (secondary N) is 2. The van der Waals surface area contributed by atoms with Crippen molar-refractivity contribution in [1.29, 1.82) is 0 Å². The molecule has 0 bridgehead atoms. The van der Waals surface area contributed by atoms with Crippen LogP contribution in [0.3, 0.4) is 0 Å². The Morgan fingerprint density at radius 1 is 1.18 bits per heavy atom. The van der Waals surface area contributed by atoms with E-state index in [9.17, 15) is 14.4 Å². The molecular weight excluding hydrogens is 356 g/mol. The molecule has 7 nitrogen and oxygen atoms in total. The molecule has 1 saturated carbocycles. The van der Waals surface area contributed by atoms with Crippen LogP contribution in [0.25, 0.3) is 0 Å². The van der Waals surface area contributed by atoms with Gasteiger partial charge in [-0.05, 0) is 56.9 Å². The first kappa shape index (κ1) is 21.1. The largest absolute Gasteiger partial charge is 0.341 e. The van der Waals surface area contributed by atoms with Crippen LogP contribution in [0.4, 0.5) is 4.79 Å². The van der Waals surface area contributed by atoms with Crippen LogP contribution in [0, 0.1) is 11.3 Å². The quantitative estimate of drug-likeness (QED) is 0.702. The summed E-state index contributed by atoms with van der Waals surface area (Å²) in [5, 5.41) is 6.18. The van der Waals surface area contributed by atoms with E-state index in [4.69, 9.17) is 0 Å². The number of imide groups is 1. The van der Waals surface area contributed by atoms with Gasteiger partial charge in [0.15, 0.2) is 0 Å². The summed E-state index contributed by atoms with van der Waals surface area (Å²) in [6, 6.07) is 0.0308. The number of hydrogen-bond acceptors (Lipinski definition) is 4. The lowest BCUT2D eigenvalue weighted by atomic mass is 9.65. The Hall–Kier alpha value is -1.63. The maximum Gasteiger partial charge on any atom is 0.325 e. The molecule has 7 heteroatoms. The van der Waals surface area contributed by atoms with Crippen LogP contribution in [-0.4, -0.2) is 65.9 Å². The summed E-state index contributed by atoms with van der Waals surface area (Å²) in [6.07, 6.45) is 6.13. The van der Waals surface area contributed by atoms with E-state index in [0.717, 1.165) is 37.0 Å². The summed E-state index contributed by atoms with van der Waals surface area (Å²) < 4.78 is 0. The van der Waals surface area contributed by atoms with Gasteiger partial charge in [0, 0.05) is 19.1 Å². The van der Waals surface area contributed by atoms with E-state index >= 15 is 0 Å². The third-order valence-corrected chi connectivity index (χ3v) is 7.65. The summed E-state index contributed by atoms with van der Waals surface area (Å²) in [6.45, 7) is 7.99. The van der Waals surface area contributed by atoms with Gasteiger partial charge in [-0.3, -0.25) is 14.5 Å². The molecule has 28 heavy (non-hydrogen) atoms. The average Bonchev–Trinajstić information content (AvgIpc) is 2.92. The Kier molecular flexibility index (Phi) is 6.03. The summed E-state index contributed by atoms with van der Waals surface area (Å²) in [7, 11) is 1.94. The van der Waals surface area contributed by atoms with Crippen molar-refractivity contribution in [3.8, 4) is 0 Å². The molecule has 2 heterocycles. The fourth-order valence-electron chi connectivity index (χ4n) is 4.99. The van der Waals surface area contributed by atoms with E-state index in [0.29, 0.717) is 37.9 Å². The van der Waals surface area contributed by atoms with Crippen molar-refractivity contribution in [2.75, 3.05) is 26.7 Å². The normalized spacial score (nSPS) is 29.5. The lowest BCUT2D eigenvalue weighted by Crippen LogP contribution is -2.51.